The molecule has 0 aliphatic carbocycles. The maximum atomic E-state index is 9.18. The third-order valence-electron chi connectivity index (χ3n) is 4.54. The normalized spacial score (nSPS) is 17.7. The predicted octanol–water partition coefficient (Wildman–Crippen LogP) is 4.36. The van der Waals surface area contributed by atoms with E-state index < -0.39 is 0 Å². The molecule has 0 saturated carbocycles. The molecule has 2 aromatic rings. The zero-order valence-corrected chi connectivity index (χ0v) is 15.3. The van der Waals surface area contributed by atoms with E-state index in [9.17, 15) is 5.11 Å². The van der Waals surface area contributed by atoms with Gasteiger partial charge in [-0.05, 0) is 67.6 Å². The third kappa shape index (κ3) is 5.72. The maximum absolute atomic E-state index is 9.18. The van der Waals surface area contributed by atoms with Crippen molar-refractivity contribution in [3.8, 4) is 17.6 Å². The van der Waals surface area contributed by atoms with Gasteiger partial charge in [-0.25, -0.2) is 0 Å². The van der Waals surface area contributed by atoms with Crippen molar-refractivity contribution in [1.82, 2.24) is 0 Å². The highest BCUT2D eigenvalue weighted by Gasteiger charge is 2.16. The summed E-state index contributed by atoms with van der Waals surface area (Å²) in [4.78, 5) is 0. The lowest BCUT2D eigenvalue weighted by atomic mass is 10.0. The van der Waals surface area contributed by atoms with Crippen molar-refractivity contribution < 1.29 is 19.3 Å². The van der Waals surface area contributed by atoms with Gasteiger partial charge in [-0.3, -0.25) is 0 Å². The Morgan fingerprint density at radius 1 is 1.07 bits per heavy atom. The molecule has 1 aliphatic rings. The van der Waals surface area contributed by atoms with Gasteiger partial charge in [-0.15, -0.1) is 0 Å². The number of aliphatic hydroxyl groups is 1. The standard InChI is InChI=1S/C22H25NO4/c23-16-17-6-8-18(9-7-17)21(4-3-14-24)26-19-10-12-20(13-11-19)27-22-5-1-2-15-25-22/h6-13,21-22,24H,1-5,14-15H2/t21-,22+/m0/s1. The number of rotatable bonds is 8. The summed E-state index contributed by atoms with van der Waals surface area (Å²) in [5, 5.41) is 18.1. The Labute approximate surface area is 160 Å². The van der Waals surface area contributed by atoms with Gasteiger partial charge in [0.25, 0.3) is 0 Å². The lowest BCUT2D eigenvalue weighted by Crippen LogP contribution is -2.24. The van der Waals surface area contributed by atoms with Crippen LogP contribution in [0.4, 0.5) is 0 Å². The summed E-state index contributed by atoms with van der Waals surface area (Å²) in [5.74, 6) is 1.50. The maximum Gasteiger partial charge on any atom is 0.199 e. The zero-order valence-electron chi connectivity index (χ0n) is 15.3. The fourth-order valence-electron chi connectivity index (χ4n) is 3.06. The average Bonchev–Trinajstić information content (AvgIpc) is 2.73. The molecule has 0 unspecified atom stereocenters. The van der Waals surface area contributed by atoms with E-state index in [1.165, 1.54) is 0 Å². The van der Waals surface area contributed by atoms with Gasteiger partial charge in [-0.2, -0.15) is 5.26 Å². The fraction of sp³-hybridized carbons (Fsp3) is 0.409. The molecular weight excluding hydrogens is 342 g/mol. The van der Waals surface area contributed by atoms with Gasteiger partial charge in [0.05, 0.1) is 18.2 Å². The molecule has 2 atom stereocenters. The topological polar surface area (TPSA) is 71.7 Å². The molecule has 0 amide bonds. The molecule has 0 aromatic heterocycles. The molecule has 2 aromatic carbocycles. The van der Waals surface area contributed by atoms with Gasteiger partial charge in [0.15, 0.2) is 6.29 Å². The summed E-state index contributed by atoms with van der Waals surface area (Å²) in [6, 6.07) is 17.0. The highest BCUT2D eigenvalue weighted by Crippen LogP contribution is 2.28. The van der Waals surface area contributed by atoms with Crippen LogP contribution in [-0.4, -0.2) is 24.6 Å². The number of hydrogen-bond donors (Lipinski definition) is 1. The molecule has 0 radical (unpaired) electrons. The Bertz CT molecular complexity index is 730. The van der Waals surface area contributed by atoms with Crippen LogP contribution < -0.4 is 9.47 Å². The average molecular weight is 367 g/mol. The first-order chi connectivity index (χ1) is 13.3. The molecule has 1 heterocycles. The molecule has 0 bridgehead atoms. The van der Waals surface area contributed by atoms with Crippen LogP contribution in [0.5, 0.6) is 11.5 Å². The zero-order chi connectivity index (χ0) is 18.9. The smallest absolute Gasteiger partial charge is 0.199 e. The second-order valence-corrected chi connectivity index (χ2v) is 6.59. The molecular formula is C22H25NO4. The quantitative estimate of drug-likeness (QED) is 0.751. The Hall–Kier alpha value is -2.55. The Kier molecular flexibility index (Phi) is 7.09. The predicted molar refractivity (Wildman–Crippen MR) is 102 cm³/mol. The number of ether oxygens (including phenoxy) is 3. The first-order valence-corrected chi connectivity index (χ1v) is 9.44. The molecule has 1 saturated heterocycles. The van der Waals surface area contributed by atoms with E-state index in [-0.39, 0.29) is 19.0 Å². The van der Waals surface area contributed by atoms with Crippen molar-refractivity contribution >= 4 is 0 Å². The van der Waals surface area contributed by atoms with Gasteiger partial charge >= 0.3 is 0 Å². The van der Waals surface area contributed by atoms with Crippen molar-refractivity contribution in [2.75, 3.05) is 13.2 Å². The SMILES string of the molecule is N#Cc1ccc([C@H](CCCO)Oc2ccc(O[C@@H]3CCCCO3)cc2)cc1. The summed E-state index contributed by atoms with van der Waals surface area (Å²) in [7, 11) is 0. The van der Waals surface area contributed by atoms with Crippen molar-refractivity contribution in [2.45, 2.75) is 44.5 Å². The minimum Gasteiger partial charge on any atom is -0.486 e. The lowest BCUT2D eigenvalue weighted by Gasteiger charge is -2.24. The Morgan fingerprint density at radius 2 is 1.81 bits per heavy atom. The molecule has 5 heteroatoms. The van der Waals surface area contributed by atoms with Crippen LogP contribution in [0.1, 0.15) is 49.3 Å². The number of benzene rings is 2. The highest BCUT2D eigenvalue weighted by molar-refractivity contribution is 5.34. The van der Waals surface area contributed by atoms with Gasteiger partial charge in [-0.1, -0.05) is 12.1 Å². The van der Waals surface area contributed by atoms with Crippen LogP contribution in [0.3, 0.4) is 0 Å². The third-order valence-corrected chi connectivity index (χ3v) is 4.54. The van der Waals surface area contributed by atoms with Crippen LogP contribution in [-0.2, 0) is 4.74 Å². The Balaban J connectivity index is 1.64. The van der Waals surface area contributed by atoms with Gasteiger partial charge in [0, 0.05) is 13.0 Å². The molecule has 5 nitrogen and oxygen atoms in total. The van der Waals surface area contributed by atoms with Gasteiger partial charge in [0.2, 0.25) is 0 Å². The number of nitriles is 1. The van der Waals surface area contributed by atoms with Crippen molar-refractivity contribution in [3.05, 3.63) is 59.7 Å². The highest BCUT2D eigenvalue weighted by atomic mass is 16.7. The fourth-order valence-corrected chi connectivity index (χ4v) is 3.06. The summed E-state index contributed by atoms with van der Waals surface area (Å²) in [6.45, 7) is 0.868. The monoisotopic (exact) mass is 367 g/mol. The molecule has 27 heavy (non-hydrogen) atoms. The first kappa shape index (κ1) is 19.2. The van der Waals surface area contributed by atoms with Gasteiger partial charge in [0.1, 0.15) is 17.6 Å². The van der Waals surface area contributed by atoms with E-state index in [1.54, 1.807) is 12.1 Å². The van der Waals surface area contributed by atoms with Crippen molar-refractivity contribution in [3.63, 3.8) is 0 Å². The number of aliphatic hydroxyl groups excluding tert-OH is 1. The Morgan fingerprint density at radius 3 is 2.44 bits per heavy atom. The minimum absolute atomic E-state index is 0.115. The molecule has 142 valence electrons. The first-order valence-electron chi connectivity index (χ1n) is 9.44. The van der Waals surface area contributed by atoms with E-state index in [4.69, 9.17) is 19.5 Å². The molecule has 1 aliphatic heterocycles. The van der Waals surface area contributed by atoms with Crippen LogP contribution in [0.15, 0.2) is 48.5 Å². The van der Waals surface area contributed by atoms with Crippen LogP contribution in [0.25, 0.3) is 0 Å². The van der Waals surface area contributed by atoms with E-state index in [0.29, 0.717) is 18.4 Å². The number of hydrogen-bond acceptors (Lipinski definition) is 5. The molecule has 3 rings (SSSR count). The summed E-state index contributed by atoms with van der Waals surface area (Å²) in [6.07, 6.45) is 4.13. The summed E-state index contributed by atoms with van der Waals surface area (Å²) >= 11 is 0. The molecule has 0 spiro atoms. The summed E-state index contributed by atoms with van der Waals surface area (Å²) in [5.41, 5.74) is 1.60. The lowest BCUT2D eigenvalue weighted by molar-refractivity contribution is -0.105. The molecule has 1 fully saturated rings. The van der Waals surface area contributed by atoms with E-state index in [1.807, 2.05) is 36.4 Å². The van der Waals surface area contributed by atoms with Crippen LogP contribution in [0, 0.1) is 11.3 Å². The summed E-state index contributed by atoms with van der Waals surface area (Å²) < 4.78 is 17.6. The van der Waals surface area contributed by atoms with Crippen molar-refractivity contribution in [2.24, 2.45) is 0 Å². The number of nitrogens with zero attached hydrogens (tertiary/aromatic N) is 1. The van der Waals surface area contributed by atoms with Gasteiger partial charge < -0.3 is 19.3 Å². The van der Waals surface area contributed by atoms with Crippen molar-refractivity contribution in [1.29, 1.82) is 5.26 Å². The molecule has 1 N–H and O–H groups in total. The van der Waals surface area contributed by atoms with E-state index in [0.717, 1.165) is 42.9 Å². The second kappa shape index (κ2) is 9.96. The van der Waals surface area contributed by atoms with Crippen LogP contribution in [0.2, 0.25) is 0 Å². The van der Waals surface area contributed by atoms with E-state index >= 15 is 0 Å². The largest absolute Gasteiger partial charge is 0.486 e. The minimum atomic E-state index is -0.182. The van der Waals surface area contributed by atoms with Crippen LogP contribution >= 0.6 is 0 Å². The van der Waals surface area contributed by atoms with E-state index in [2.05, 4.69) is 6.07 Å². The second-order valence-electron chi connectivity index (χ2n) is 6.59.